The Morgan fingerprint density at radius 2 is 1.79 bits per heavy atom. The molecule has 1 aromatic carbocycles. The van der Waals surface area contributed by atoms with E-state index in [1.165, 1.54) is 5.56 Å². The molecule has 3 nitrogen and oxygen atoms in total. The largest absolute Gasteiger partial charge is 0.494 e. The minimum absolute atomic E-state index is 0.368. The molecule has 3 heteroatoms. The van der Waals surface area contributed by atoms with Crippen molar-refractivity contribution in [3.05, 3.63) is 29.8 Å². The van der Waals surface area contributed by atoms with Crippen molar-refractivity contribution in [2.75, 3.05) is 27.2 Å². The van der Waals surface area contributed by atoms with Gasteiger partial charge in [-0.3, -0.25) is 0 Å². The molecule has 0 radical (unpaired) electrons. The van der Waals surface area contributed by atoms with Gasteiger partial charge in [-0.1, -0.05) is 12.1 Å². The fraction of sp³-hybridized carbons (Fsp3) is 0.625. The number of ether oxygens (including phenoxy) is 1. The lowest BCUT2D eigenvalue weighted by Gasteiger charge is -2.22. The first-order valence-electron chi connectivity index (χ1n) is 7.16. The standard InChI is InChI=1S/C16H28N2O/c1-6-19-16-9-7-15(8-10-16)14(3)17-13(2)11-12-18(4)5/h7-10,13-14,17H,6,11-12H2,1-5H3. The molecular weight excluding hydrogens is 236 g/mol. The predicted octanol–water partition coefficient (Wildman–Crippen LogP) is 3.08. The molecule has 1 N–H and O–H groups in total. The van der Waals surface area contributed by atoms with Gasteiger partial charge in [0.1, 0.15) is 5.75 Å². The van der Waals surface area contributed by atoms with Crippen molar-refractivity contribution >= 4 is 0 Å². The smallest absolute Gasteiger partial charge is 0.119 e. The fourth-order valence-corrected chi connectivity index (χ4v) is 2.08. The van der Waals surface area contributed by atoms with Gasteiger partial charge in [-0.15, -0.1) is 0 Å². The van der Waals surface area contributed by atoms with Crippen LogP contribution < -0.4 is 10.1 Å². The number of rotatable bonds is 8. The molecule has 108 valence electrons. The number of nitrogens with one attached hydrogen (secondary N) is 1. The topological polar surface area (TPSA) is 24.5 Å². The summed E-state index contributed by atoms with van der Waals surface area (Å²) in [7, 11) is 4.23. The Labute approximate surface area is 118 Å². The van der Waals surface area contributed by atoms with Crippen LogP contribution in [0, 0.1) is 0 Å². The van der Waals surface area contributed by atoms with Crippen molar-refractivity contribution in [2.24, 2.45) is 0 Å². The van der Waals surface area contributed by atoms with Crippen molar-refractivity contribution in [2.45, 2.75) is 39.3 Å². The van der Waals surface area contributed by atoms with E-state index in [-0.39, 0.29) is 0 Å². The van der Waals surface area contributed by atoms with Gasteiger partial charge in [0, 0.05) is 12.1 Å². The molecule has 0 aliphatic heterocycles. The summed E-state index contributed by atoms with van der Waals surface area (Å²) < 4.78 is 5.46. The first kappa shape index (κ1) is 16.0. The van der Waals surface area contributed by atoms with E-state index in [1.54, 1.807) is 0 Å². The molecule has 19 heavy (non-hydrogen) atoms. The van der Waals surface area contributed by atoms with Crippen molar-refractivity contribution in [3.63, 3.8) is 0 Å². The Hall–Kier alpha value is -1.06. The third kappa shape index (κ3) is 6.08. The zero-order valence-corrected chi connectivity index (χ0v) is 12.9. The Kier molecular flexibility index (Phi) is 6.89. The second kappa shape index (κ2) is 8.18. The molecule has 0 heterocycles. The molecule has 0 spiro atoms. The highest BCUT2D eigenvalue weighted by Crippen LogP contribution is 2.18. The molecule has 0 saturated carbocycles. The first-order valence-corrected chi connectivity index (χ1v) is 7.16. The van der Waals surface area contributed by atoms with Gasteiger partial charge in [-0.2, -0.15) is 0 Å². The lowest BCUT2D eigenvalue weighted by molar-refractivity contribution is 0.339. The van der Waals surface area contributed by atoms with Crippen LogP contribution in [0.15, 0.2) is 24.3 Å². The number of hydrogen-bond donors (Lipinski definition) is 1. The maximum absolute atomic E-state index is 5.46. The van der Waals surface area contributed by atoms with Gasteiger partial charge in [-0.25, -0.2) is 0 Å². The summed E-state index contributed by atoms with van der Waals surface area (Å²) in [6.45, 7) is 8.29. The van der Waals surface area contributed by atoms with E-state index in [1.807, 2.05) is 19.1 Å². The average Bonchev–Trinajstić information content (AvgIpc) is 2.37. The van der Waals surface area contributed by atoms with E-state index < -0.39 is 0 Å². The van der Waals surface area contributed by atoms with Crippen LogP contribution in [0.5, 0.6) is 5.75 Å². The van der Waals surface area contributed by atoms with Crippen LogP contribution in [-0.4, -0.2) is 38.2 Å². The van der Waals surface area contributed by atoms with E-state index in [0.717, 1.165) is 18.7 Å². The SMILES string of the molecule is CCOc1ccc(C(C)NC(C)CCN(C)C)cc1. The summed E-state index contributed by atoms with van der Waals surface area (Å²) >= 11 is 0. The zero-order valence-electron chi connectivity index (χ0n) is 12.9. The molecule has 1 aromatic rings. The maximum atomic E-state index is 5.46. The molecule has 0 aliphatic rings. The van der Waals surface area contributed by atoms with Gasteiger partial charge in [0.15, 0.2) is 0 Å². The summed E-state index contributed by atoms with van der Waals surface area (Å²) in [5.74, 6) is 0.944. The summed E-state index contributed by atoms with van der Waals surface area (Å²) in [5, 5.41) is 3.64. The molecule has 0 bridgehead atoms. The Morgan fingerprint density at radius 1 is 1.16 bits per heavy atom. The predicted molar refractivity (Wildman–Crippen MR) is 81.8 cm³/mol. The normalized spacial score (nSPS) is 14.4. The molecule has 0 aliphatic carbocycles. The van der Waals surface area contributed by atoms with E-state index in [4.69, 9.17) is 4.74 Å². The molecular formula is C16H28N2O. The van der Waals surface area contributed by atoms with Gasteiger partial charge < -0.3 is 15.0 Å². The number of benzene rings is 1. The van der Waals surface area contributed by atoms with Gasteiger partial charge in [-0.05, 0) is 65.5 Å². The van der Waals surface area contributed by atoms with E-state index in [0.29, 0.717) is 18.7 Å². The van der Waals surface area contributed by atoms with Crippen LogP contribution in [0.3, 0.4) is 0 Å². The highest BCUT2D eigenvalue weighted by Gasteiger charge is 2.09. The number of hydrogen-bond acceptors (Lipinski definition) is 3. The fourth-order valence-electron chi connectivity index (χ4n) is 2.08. The van der Waals surface area contributed by atoms with Crippen LogP contribution in [0.4, 0.5) is 0 Å². The van der Waals surface area contributed by atoms with Crippen LogP contribution >= 0.6 is 0 Å². The van der Waals surface area contributed by atoms with E-state index >= 15 is 0 Å². The quantitative estimate of drug-likeness (QED) is 0.781. The van der Waals surface area contributed by atoms with Crippen LogP contribution in [-0.2, 0) is 0 Å². The third-order valence-corrected chi connectivity index (χ3v) is 3.23. The lowest BCUT2D eigenvalue weighted by Crippen LogP contribution is -2.31. The second-order valence-electron chi connectivity index (χ2n) is 5.38. The second-order valence-corrected chi connectivity index (χ2v) is 5.38. The van der Waals surface area contributed by atoms with Crippen molar-refractivity contribution < 1.29 is 4.74 Å². The van der Waals surface area contributed by atoms with Crippen molar-refractivity contribution in [1.82, 2.24) is 10.2 Å². The summed E-state index contributed by atoms with van der Waals surface area (Å²) in [4.78, 5) is 2.22. The molecule has 0 amide bonds. The highest BCUT2D eigenvalue weighted by molar-refractivity contribution is 5.28. The molecule has 0 aromatic heterocycles. The van der Waals surface area contributed by atoms with Gasteiger partial charge in [0.25, 0.3) is 0 Å². The van der Waals surface area contributed by atoms with Crippen LogP contribution in [0.25, 0.3) is 0 Å². The van der Waals surface area contributed by atoms with Gasteiger partial charge >= 0.3 is 0 Å². The molecule has 1 rings (SSSR count). The molecule has 0 saturated heterocycles. The molecule has 2 atom stereocenters. The maximum Gasteiger partial charge on any atom is 0.119 e. The van der Waals surface area contributed by atoms with E-state index in [9.17, 15) is 0 Å². The highest BCUT2D eigenvalue weighted by atomic mass is 16.5. The Morgan fingerprint density at radius 3 is 2.32 bits per heavy atom. The molecule has 2 unspecified atom stereocenters. The average molecular weight is 264 g/mol. The van der Waals surface area contributed by atoms with Crippen molar-refractivity contribution in [3.8, 4) is 5.75 Å². The van der Waals surface area contributed by atoms with Crippen LogP contribution in [0.1, 0.15) is 38.8 Å². The zero-order chi connectivity index (χ0) is 14.3. The summed E-state index contributed by atoms with van der Waals surface area (Å²) in [5.41, 5.74) is 1.31. The van der Waals surface area contributed by atoms with E-state index in [2.05, 4.69) is 50.3 Å². The van der Waals surface area contributed by atoms with Gasteiger partial charge in [0.05, 0.1) is 6.61 Å². The first-order chi connectivity index (χ1) is 9.02. The van der Waals surface area contributed by atoms with Crippen molar-refractivity contribution in [1.29, 1.82) is 0 Å². The minimum Gasteiger partial charge on any atom is -0.494 e. The number of nitrogens with zero attached hydrogens (tertiary/aromatic N) is 1. The molecule has 0 fully saturated rings. The Balaban J connectivity index is 2.45. The third-order valence-electron chi connectivity index (χ3n) is 3.23. The lowest BCUT2D eigenvalue weighted by atomic mass is 10.1. The summed E-state index contributed by atoms with van der Waals surface area (Å²) in [6.07, 6.45) is 1.16. The van der Waals surface area contributed by atoms with Crippen LogP contribution in [0.2, 0.25) is 0 Å². The monoisotopic (exact) mass is 264 g/mol. The Bertz CT molecular complexity index is 348. The minimum atomic E-state index is 0.368. The van der Waals surface area contributed by atoms with Gasteiger partial charge in [0.2, 0.25) is 0 Å². The summed E-state index contributed by atoms with van der Waals surface area (Å²) in [6, 6.07) is 9.25.